The van der Waals surface area contributed by atoms with Gasteiger partial charge in [0.15, 0.2) is 0 Å². The van der Waals surface area contributed by atoms with E-state index in [2.05, 4.69) is 9.98 Å². The Morgan fingerprint density at radius 2 is 1.91 bits per heavy atom. The zero-order valence-corrected chi connectivity index (χ0v) is 13.6. The van der Waals surface area contributed by atoms with Gasteiger partial charge in [-0.1, -0.05) is 29.8 Å². The average molecular weight is 318 g/mol. The van der Waals surface area contributed by atoms with Gasteiger partial charge in [0, 0.05) is 11.5 Å². The van der Waals surface area contributed by atoms with Crippen molar-refractivity contribution in [3.8, 4) is 0 Å². The second-order valence-electron chi connectivity index (χ2n) is 4.95. The van der Waals surface area contributed by atoms with Crippen LogP contribution in [0.4, 0.5) is 4.79 Å². The number of urea groups is 1. The largest absolute Gasteiger partial charge is 0.465 e. The van der Waals surface area contributed by atoms with Crippen molar-refractivity contribution in [3.63, 3.8) is 0 Å². The number of benzene rings is 1. The van der Waals surface area contributed by atoms with Gasteiger partial charge in [-0.3, -0.25) is 4.79 Å². The molecule has 6 heteroatoms. The van der Waals surface area contributed by atoms with Crippen LogP contribution in [0.1, 0.15) is 25.0 Å². The lowest BCUT2D eigenvalue weighted by Crippen LogP contribution is -2.34. The first-order valence-electron chi connectivity index (χ1n) is 7.04. The summed E-state index contributed by atoms with van der Waals surface area (Å²) in [6.45, 7) is 5.71. The fourth-order valence-corrected chi connectivity index (χ4v) is 3.12. The quantitative estimate of drug-likeness (QED) is 0.798. The van der Waals surface area contributed by atoms with Crippen LogP contribution >= 0.6 is 11.8 Å². The highest BCUT2D eigenvalue weighted by Gasteiger charge is 2.33. The van der Waals surface area contributed by atoms with Gasteiger partial charge in [0.1, 0.15) is 5.92 Å². The number of hydrogen-bond acceptors (Lipinski definition) is 4. The van der Waals surface area contributed by atoms with Crippen molar-refractivity contribution in [3.05, 3.63) is 35.4 Å². The van der Waals surface area contributed by atoms with Crippen molar-refractivity contribution in [2.24, 2.45) is 15.9 Å². The third kappa shape index (κ3) is 4.04. The van der Waals surface area contributed by atoms with Crippen molar-refractivity contribution in [2.75, 3.05) is 6.61 Å². The van der Waals surface area contributed by atoms with Gasteiger partial charge in [-0.2, -0.15) is 9.98 Å². The van der Waals surface area contributed by atoms with Crippen LogP contribution in [0.25, 0.3) is 0 Å². The van der Waals surface area contributed by atoms with E-state index < -0.39 is 17.9 Å². The third-order valence-corrected chi connectivity index (χ3v) is 4.27. The number of carbonyl (C=O) groups is 2. The summed E-state index contributed by atoms with van der Waals surface area (Å²) in [7, 11) is 0. The molecule has 1 heterocycles. The molecule has 2 amide bonds. The smallest absolute Gasteiger partial charge is 0.367 e. The van der Waals surface area contributed by atoms with E-state index in [1.807, 2.05) is 31.2 Å². The fourth-order valence-electron chi connectivity index (χ4n) is 2.03. The van der Waals surface area contributed by atoms with Crippen LogP contribution in [0.15, 0.2) is 34.3 Å². The predicted octanol–water partition coefficient (Wildman–Crippen LogP) is 3.40. The van der Waals surface area contributed by atoms with Crippen molar-refractivity contribution in [2.45, 2.75) is 26.5 Å². The predicted molar refractivity (Wildman–Crippen MR) is 88.5 cm³/mol. The molecular formula is C16H18N2O3S. The average Bonchev–Trinajstić information content (AvgIpc) is 2.46. The van der Waals surface area contributed by atoms with Crippen LogP contribution in [0.3, 0.4) is 0 Å². The number of ether oxygens (including phenoxy) is 1. The summed E-state index contributed by atoms with van der Waals surface area (Å²) in [5.41, 5.74) is 2.73. The van der Waals surface area contributed by atoms with Crippen LogP contribution < -0.4 is 0 Å². The molecule has 116 valence electrons. The molecule has 0 fully saturated rings. The van der Waals surface area contributed by atoms with E-state index in [9.17, 15) is 9.59 Å². The van der Waals surface area contributed by atoms with Crippen LogP contribution in [0, 0.1) is 12.8 Å². The van der Waals surface area contributed by atoms with Gasteiger partial charge in [0.25, 0.3) is 0 Å². The molecule has 1 aromatic carbocycles. The molecule has 5 nitrogen and oxygen atoms in total. The van der Waals surface area contributed by atoms with Crippen LogP contribution in [0.5, 0.6) is 0 Å². The minimum atomic E-state index is -0.673. The Bertz CT molecular complexity index is 635. The lowest BCUT2D eigenvalue weighted by molar-refractivity contribution is -0.143. The highest BCUT2D eigenvalue weighted by atomic mass is 32.2. The van der Waals surface area contributed by atoms with Crippen molar-refractivity contribution >= 4 is 34.5 Å². The first-order chi connectivity index (χ1) is 10.5. The number of rotatable bonds is 4. The number of aryl methyl sites for hydroxylation is 1. The summed E-state index contributed by atoms with van der Waals surface area (Å²) in [6, 6.07) is 7.53. The van der Waals surface area contributed by atoms with Gasteiger partial charge >= 0.3 is 12.0 Å². The van der Waals surface area contributed by atoms with E-state index >= 15 is 0 Å². The van der Waals surface area contributed by atoms with Crippen molar-refractivity contribution < 1.29 is 14.3 Å². The molecule has 1 aromatic rings. The molecular weight excluding hydrogens is 300 g/mol. The van der Waals surface area contributed by atoms with Gasteiger partial charge in [0.2, 0.25) is 0 Å². The van der Waals surface area contributed by atoms with Gasteiger partial charge in [0.05, 0.1) is 11.7 Å². The second-order valence-corrected chi connectivity index (χ2v) is 5.94. The van der Waals surface area contributed by atoms with E-state index in [0.29, 0.717) is 16.5 Å². The highest BCUT2D eigenvalue weighted by molar-refractivity contribution is 8.13. The first-order valence-corrected chi connectivity index (χ1v) is 8.02. The zero-order valence-electron chi connectivity index (χ0n) is 12.8. The van der Waals surface area contributed by atoms with E-state index in [4.69, 9.17) is 4.74 Å². The Morgan fingerprint density at radius 3 is 2.55 bits per heavy atom. The number of amides is 2. The number of aliphatic imine (C=N–C) groups is 2. The molecule has 0 N–H and O–H groups in total. The number of nitrogens with zero attached hydrogens (tertiary/aromatic N) is 2. The lowest BCUT2D eigenvalue weighted by Gasteiger charge is -2.19. The maximum Gasteiger partial charge on any atom is 0.367 e. The summed E-state index contributed by atoms with van der Waals surface area (Å²) in [5, 5.41) is 0.455. The minimum Gasteiger partial charge on any atom is -0.465 e. The number of hydrogen-bond donors (Lipinski definition) is 0. The summed E-state index contributed by atoms with van der Waals surface area (Å²) < 4.78 is 5.06. The van der Waals surface area contributed by atoms with Crippen LogP contribution in [-0.2, 0) is 15.3 Å². The highest BCUT2D eigenvalue weighted by Crippen LogP contribution is 2.24. The van der Waals surface area contributed by atoms with Crippen molar-refractivity contribution in [1.82, 2.24) is 0 Å². The minimum absolute atomic E-state index is 0.284. The Kier molecular flexibility index (Phi) is 5.49. The topological polar surface area (TPSA) is 68.1 Å². The Labute approximate surface area is 133 Å². The van der Waals surface area contributed by atoms with Crippen LogP contribution in [0.2, 0.25) is 0 Å². The molecule has 2 rings (SSSR count). The second kappa shape index (κ2) is 7.35. The van der Waals surface area contributed by atoms with Crippen LogP contribution in [-0.4, -0.2) is 29.4 Å². The summed E-state index contributed by atoms with van der Waals surface area (Å²) >= 11 is 1.37. The molecule has 0 aromatic heterocycles. The standard InChI is InChI=1S/C16H18N2O3S/c1-4-21-15(19)13-11(3)17-16(20)18-14(13)22-9-12-7-5-10(2)6-8-12/h5-8,13H,4,9H2,1-3H3. The number of thioether (sulfide) groups is 1. The normalized spacial score (nSPS) is 17.8. The number of esters is 1. The summed E-state index contributed by atoms with van der Waals surface area (Å²) in [5.74, 6) is -0.449. The van der Waals surface area contributed by atoms with E-state index in [1.54, 1.807) is 13.8 Å². The zero-order chi connectivity index (χ0) is 16.1. The molecule has 0 radical (unpaired) electrons. The molecule has 0 spiro atoms. The molecule has 0 aliphatic carbocycles. The summed E-state index contributed by atoms with van der Waals surface area (Å²) in [4.78, 5) is 31.3. The maximum atomic E-state index is 12.1. The molecule has 1 unspecified atom stereocenters. The Morgan fingerprint density at radius 1 is 1.23 bits per heavy atom. The summed E-state index contributed by atoms with van der Waals surface area (Å²) in [6.07, 6.45) is 0. The molecule has 1 atom stereocenters. The molecule has 0 bridgehead atoms. The molecule has 0 saturated carbocycles. The lowest BCUT2D eigenvalue weighted by atomic mass is 10.1. The van der Waals surface area contributed by atoms with Gasteiger partial charge < -0.3 is 4.74 Å². The first kappa shape index (κ1) is 16.4. The Balaban J connectivity index is 2.13. The molecule has 22 heavy (non-hydrogen) atoms. The monoisotopic (exact) mass is 318 g/mol. The third-order valence-electron chi connectivity index (χ3n) is 3.17. The molecule has 1 aliphatic heterocycles. The van der Waals surface area contributed by atoms with Gasteiger partial charge in [-0.25, -0.2) is 4.79 Å². The number of carbonyl (C=O) groups excluding carboxylic acids is 2. The fraction of sp³-hybridized carbons (Fsp3) is 0.375. The van der Waals surface area contributed by atoms with E-state index in [-0.39, 0.29) is 6.61 Å². The van der Waals surface area contributed by atoms with E-state index in [1.165, 1.54) is 17.3 Å². The van der Waals surface area contributed by atoms with Gasteiger partial charge in [-0.15, -0.1) is 11.8 Å². The maximum absolute atomic E-state index is 12.1. The van der Waals surface area contributed by atoms with E-state index in [0.717, 1.165) is 5.56 Å². The van der Waals surface area contributed by atoms with Gasteiger partial charge in [-0.05, 0) is 26.3 Å². The van der Waals surface area contributed by atoms with Crippen molar-refractivity contribution in [1.29, 1.82) is 0 Å². The SMILES string of the molecule is CCOC(=O)C1C(C)=NC(=O)N=C1SCc1ccc(C)cc1. The molecule has 1 aliphatic rings. The molecule has 0 saturated heterocycles. The Hall–Kier alpha value is -1.95.